The third-order valence-electron chi connectivity index (χ3n) is 15.3. The minimum atomic E-state index is -2.42. The largest absolute Gasteiger partial charge is 0.481 e. The number of fused-ring (bicyclic) bond motifs is 5. The maximum Gasteiger partial charge on any atom is 0.407 e. The standard InChI is InChI=1S/C59H65FN10O15/c1-5-22-59(83)37-25-43-51-35(27-70(43)55(79)36(37)29-84-56(59)80)49-39(17-16-34-31(4)38(60)26-42(65-51)48(34)49)67-58(82)85-28-32-12-14-33(15-13-32)63-52(76)40(10-9-23-62-57(61)81)66-54(78)50(30(2)3)68-53(77)41(18-21-47(74)75)64-44(71)11-7-6-8-24-69-45(72)19-20-46(69)73/h12-15,19-20,25-26,30,39-41,50,83H,6-11,16-18,21,23-24,27-29H2,1-4H3,(H,63,76)(H,64,71)(H,66,78)(H,67,82)(H,68,77)(H,74,75)(H3,61,62,81)/t39-,40-,41-,50-,59?/m0/s1. The van der Waals surface area contributed by atoms with E-state index in [-0.39, 0.29) is 86.6 Å². The van der Waals surface area contributed by atoms with Crippen molar-refractivity contribution in [1.82, 2.24) is 41.0 Å². The molecule has 5 heterocycles. The molecule has 8 rings (SSSR count). The van der Waals surface area contributed by atoms with E-state index in [2.05, 4.69) is 43.7 Å². The highest BCUT2D eigenvalue weighted by Gasteiger charge is 2.47. The van der Waals surface area contributed by atoms with Gasteiger partial charge in [-0.05, 0) is 105 Å². The van der Waals surface area contributed by atoms with E-state index in [1.807, 2.05) is 0 Å². The number of aliphatic hydroxyl groups is 1. The van der Waals surface area contributed by atoms with E-state index in [1.54, 1.807) is 32.9 Å². The number of hydrogen-bond donors (Lipinski definition) is 9. The second-order valence-electron chi connectivity index (χ2n) is 21.4. The number of esters is 1. The van der Waals surface area contributed by atoms with Crippen molar-refractivity contribution in [3.63, 3.8) is 0 Å². The van der Waals surface area contributed by atoms with Gasteiger partial charge in [0.05, 0.1) is 35.1 Å². The number of amides is 9. The minimum Gasteiger partial charge on any atom is -0.481 e. The summed E-state index contributed by atoms with van der Waals surface area (Å²) in [4.78, 5) is 148. The summed E-state index contributed by atoms with van der Waals surface area (Å²) in [6, 6.07) is 3.63. The van der Waals surface area contributed by atoms with Crippen LogP contribution >= 0.6 is 0 Å². The molecule has 25 nitrogen and oxygen atoms in total. The van der Waals surface area contributed by atoms with E-state index in [1.165, 1.54) is 47.9 Å². The number of benzene rings is 2. The zero-order chi connectivity index (χ0) is 61.4. The second-order valence-corrected chi connectivity index (χ2v) is 21.4. The first-order valence-corrected chi connectivity index (χ1v) is 27.8. The van der Waals surface area contributed by atoms with Gasteiger partial charge in [-0.2, -0.15) is 0 Å². The number of aromatic nitrogens is 2. The number of urea groups is 1. The number of aliphatic carboxylic acids is 1. The smallest absolute Gasteiger partial charge is 0.407 e. The van der Waals surface area contributed by atoms with Gasteiger partial charge in [0.15, 0.2) is 0 Å². The molecular formula is C59H65FN10O15. The van der Waals surface area contributed by atoms with Gasteiger partial charge >= 0.3 is 24.1 Å². The molecule has 85 heavy (non-hydrogen) atoms. The number of carboxylic acids is 1. The number of alkyl carbamates (subject to hydrolysis) is 1. The number of anilines is 1. The minimum absolute atomic E-state index is 0.00351. The quantitative estimate of drug-likeness (QED) is 0.0186. The number of halogens is 1. The molecule has 3 aliphatic heterocycles. The van der Waals surface area contributed by atoms with Crippen molar-refractivity contribution in [2.75, 3.05) is 18.4 Å². The Bertz CT molecular complexity index is 3550. The predicted molar refractivity (Wildman–Crippen MR) is 300 cm³/mol. The SMILES string of the molecule is CC#CC1(O)C(=O)OCc2c1cc1n(c2=O)Cc2c-1nc1cc(F)c(C)c3c1c2[C@@H](NC(=O)OCc1ccc(NC(=O)[C@H](CCCNC(N)=O)NC(=O)[C@@H](NC(=O)[C@H](CCC(=O)O)NC(=O)CCCCCN2C(=O)C=CC2=O)C(C)C)cc1)CC3. The van der Waals surface area contributed by atoms with Crippen molar-refractivity contribution in [2.24, 2.45) is 11.7 Å². The van der Waals surface area contributed by atoms with E-state index in [4.69, 9.17) is 20.2 Å². The van der Waals surface area contributed by atoms with E-state index < -0.39 is 113 Å². The summed E-state index contributed by atoms with van der Waals surface area (Å²) in [6.07, 6.45) is 2.76. The number of aryl methyl sites for hydroxylation is 1. The number of unbranched alkanes of at least 4 members (excludes halogenated alkanes) is 2. The first-order valence-electron chi connectivity index (χ1n) is 27.8. The topological polar surface area (TPSA) is 366 Å². The molecule has 448 valence electrons. The van der Waals surface area contributed by atoms with Crippen LogP contribution in [0.25, 0.3) is 22.3 Å². The monoisotopic (exact) mass is 1170 g/mol. The van der Waals surface area contributed by atoms with Crippen molar-refractivity contribution >= 4 is 76.1 Å². The summed E-state index contributed by atoms with van der Waals surface area (Å²) >= 11 is 0. The van der Waals surface area contributed by atoms with E-state index in [9.17, 15) is 63.0 Å². The molecule has 0 saturated carbocycles. The Morgan fingerprint density at radius 3 is 2.29 bits per heavy atom. The maximum absolute atomic E-state index is 15.5. The fraction of sp³-hybridized carbons (Fsp3) is 0.424. The Kier molecular flexibility index (Phi) is 19.1. The molecule has 0 spiro atoms. The Morgan fingerprint density at radius 1 is 0.894 bits per heavy atom. The summed E-state index contributed by atoms with van der Waals surface area (Å²) in [6.45, 7) is 5.94. The van der Waals surface area contributed by atoms with Gasteiger partial charge in [0.25, 0.3) is 23.0 Å². The molecular weight excluding hydrogens is 1110 g/mol. The molecule has 0 saturated heterocycles. The van der Waals surface area contributed by atoms with Crippen molar-refractivity contribution in [2.45, 2.75) is 141 Å². The highest BCUT2D eigenvalue weighted by atomic mass is 19.1. The number of ether oxygens (including phenoxy) is 2. The number of primary amides is 1. The molecule has 9 amide bonds. The average molecular weight is 1170 g/mol. The molecule has 0 bridgehead atoms. The van der Waals surface area contributed by atoms with Crippen molar-refractivity contribution in [1.29, 1.82) is 0 Å². The Labute approximate surface area is 486 Å². The summed E-state index contributed by atoms with van der Waals surface area (Å²) in [5, 5.41) is 37.4. The third kappa shape index (κ3) is 13.8. The number of carbonyl (C=O) groups excluding carboxylic acids is 9. The van der Waals surface area contributed by atoms with Gasteiger partial charge in [-0.1, -0.05) is 38.3 Å². The molecule has 0 radical (unpaired) electrons. The zero-order valence-corrected chi connectivity index (χ0v) is 47.1. The van der Waals surface area contributed by atoms with Crippen molar-refractivity contribution in [3.8, 4) is 23.2 Å². The number of nitrogens with two attached hydrogens (primary N) is 1. The molecule has 10 N–H and O–H groups in total. The summed E-state index contributed by atoms with van der Waals surface area (Å²) < 4.78 is 27.8. The third-order valence-corrected chi connectivity index (χ3v) is 15.3. The van der Waals surface area contributed by atoms with Gasteiger partial charge in [-0.3, -0.25) is 43.3 Å². The lowest BCUT2D eigenvalue weighted by atomic mass is 9.81. The number of cyclic esters (lactones) is 1. The lowest BCUT2D eigenvalue weighted by molar-refractivity contribution is -0.165. The highest BCUT2D eigenvalue weighted by Crippen LogP contribution is 2.46. The number of hydrogen-bond acceptors (Lipinski definition) is 15. The maximum atomic E-state index is 15.5. The first kappa shape index (κ1) is 61.6. The van der Waals surface area contributed by atoms with Gasteiger partial charge in [0, 0.05) is 66.4 Å². The van der Waals surface area contributed by atoms with Crippen LogP contribution in [-0.2, 0) is 79.6 Å². The fourth-order valence-corrected chi connectivity index (χ4v) is 10.9. The van der Waals surface area contributed by atoms with E-state index in [0.717, 1.165) is 4.90 Å². The first-order chi connectivity index (χ1) is 40.5. The van der Waals surface area contributed by atoms with Crippen LogP contribution in [0.3, 0.4) is 0 Å². The van der Waals surface area contributed by atoms with Crippen LogP contribution in [0, 0.1) is 30.5 Å². The fourth-order valence-electron chi connectivity index (χ4n) is 10.9. The van der Waals surface area contributed by atoms with Gasteiger partial charge in [0.2, 0.25) is 23.6 Å². The van der Waals surface area contributed by atoms with Crippen LogP contribution in [0.2, 0.25) is 0 Å². The van der Waals surface area contributed by atoms with Gasteiger partial charge in [-0.25, -0.2) is 23.8 Å². The number of imide groups is 1. The van der Waals surface area contributed by atoms with E-state index in [0.29, 0.717) is 71.0 Å². The molecule has 1 aliphatic carbocycles. The molecule has 0 fully saturated rings. The van der Waals surface area contributed by atoms with E-state index >= 15 is 4.39 Å². The summed E-state index contributed by atoms with van der Waals surface area (Å²) in [7, 11) is 0. The molecule has 5 atom stereocenters. The highest BCUT2D eigenvalue weighted by molar-refractivity contribution is 6.13. The predicted octanol–water partition coefficient (Wildman–Crippen LogP) is 2.90. The number of carbonyl (C=O) groups is 10. The van der Waals surface area contributed by atoms with Gasteiger partial charge in [-0.15, -0.1) is 5.92 Å². The van der Waals surface area contributed by atoms with Crippen LogP contribution in [0.4, 0.5) is 19.7 Å². The Balaban J connectivity index is 0.904. The molecule has 4 aliphatic rings. The van der Waals surface area contributed by atoms with Gasteiger partial charge < -0.3 is 61.9 Å². The van der Waals surface area contributed by atoms with Crippen LogP contribution in [0.1, 0.15) is 124 Å². The van der Waals surface area contributed by atoms with Crippen molar-refractivity contribution < 1.29 is 72.0 Å². The lowest BCUT2D eigenvalue weighted by Crippen LogP contribution is -2.57. The molecule has 2 aromatic carbocycles. The summed E-state index contributed by atoms with van der Waals surface area (Å²) in [5.41, 5.74) is 6.19. The van der Waals surface area contributed by atoms with Crippen molar-refractivity contribution in [3.05, 3.63) is 104 Å². The number of pyridine rings is 2. The molecule has 4 aromatic rings. The molecule has 26 heteroatoms. The zero-order valence-electron chi connectivity index (χ0n) is 47.1. The average Bonchev–Trinajstić information content (AvgIpc) is 1.73. The Morgan fingerprint density at radius 2 is 1.61 bits per heavy atom. The lowest BCUT2D eigenvalue weighted by Gasteiger charge is -2.29. The summed E-state index contributed by atoms with van der Waals surface area (Å²) in [5.74, 6) is -2.06. The second kappa shape index (κ2) is 26.4. The molecule has 1 unspecified atom stereocenters. The van der Waals surface area contributed by atoms with Crippen LogP contribution < -0.4 is 43.2 Å². The number of carboxylic acid groups (broad SMARTS) is 1. The van der Waals surface area contributed by atoms with Crippen LogP contribution in [0.5, 0.6) is 0 Å². The normalized spacial score (nSPS) is 17.3. The number of nitrogens with one attached hydrogen (secondary N) is 6. The Hall–Kier alpha value is -9.51. The van der Waals surface area contributed by atoms with Gasteiger partial charge in [0.1, 0.15) is 37.2 Å². The van der Waals surface area contributed by atoms with Crippen LogP contribution in [-0.4, -0.2) is 115 Å². The number of rotatable bonds is 24. The number of nitrogens with zero attached hydrogens (tertiary/aromatic N) is 3. The van der Waals surface area contributed by atoms with Crippen LogP contribution in [0.15, 0.2) is 53.3 Å². The molecule has 2 aromatic heterocycles.